The number of anilines is 1. The Morgan fingerprint density at radius 1 is 1.33 bits per heavy atom. The molecule has 0 saturated carbocycles. The lowest BCUT2D eigenvalue weighted by Crippen LogP contribution is -1.96. The molecule has 3 aromatic rings. The van der Waals surface area contributed by atoms with Crippen LogP contribution in [0.25, 0.3) is 0 Å². The molecule has 0 atom stereocenters. The Bertz CT molecular complexity index is 746. The molecular formula is C13H9N5OS2. The summed E-state index contributed by atoms with van der Waals surface area (Å²) in [4.78, 5) is 4.18. The first-order valence-corrected chi connectivity index (χ1v) is 7.60. The minimum Gasteiger partial charge on any atom is -0.467 e. The van der Waals surface area contributed by atoms with Crippen LogP contribution < -0.4 is 5.32 Å². The lowest BCUT2D eigenvalue weighted by atomic mass is 10.3. The average molecular weight is 315 g/mol. The summed E-state index contributed by atoms with van der Waals surface area (Å²) in [5.41, 5.74) is 0.539. The fourth-order valence-corrected chi connectivity index (χ4v) is 3.13. The van der Waals surface area contributed by atoms with Crippen LogP contribution in [-0.2, 0) is 6.54 Å². The summed E-state index contributed by atoms with van der Waals surface area (Å²) < 4.78 is 6.02. The molecule has 0 fully saturated rings. The standard InChI is InChI=1S/C13H9N5OS2/c14-6-9-3-4-11(15-7-9)20-13-18-17-12(21-13)16-8-10-2-1-5-19-10/h1-5,7H,8H2,(H,16,17). The van der Waals surface area contributed by atoms with Crippen molar-refractivity contribution in [2.24, 2.45) is 0 Å². The van der Waals surface area contributed by atoms with Gasteiger partial charge in [-0.15, -0.1) is 10.2 Å². The molecular weight excluding hydrogens is 306 g/mol. The number of nitriles is 1. The number of hydrogen-bond donors (Lipinski definition) is 1. The molecule has 8 heteroatoms. The van der Waals surface area contributed by atoms with Crippen LogP contribution in [0.5, 0.6) is 0 Å². The zero-order valence-electron chi connectivity index (χ0n) is 10.7. The van der Waals surface area contributed by atoms with E-state index in [4.69, 9.17) is 9.68 Å². The van der Waals surface area contributed by atoms with Crippen molar-refractivity contribution in [1.29, 1.82) is 5.26 Å². The molecule has 1 N–H and O–H groups in total. The highest BCUT2D eigenvalue weighted by Crippen LogP contribution is 2.30. The Hall–Kier alpha value is -2.37. The minimum atomic E-state index is 0.539. The van der Waals surface area contributed by atoms with Crippen molar-refractivity contribution in [3.8, 4) is 6.07 Å². The molecule has 3 rings (SSSR count). The second-order valence-electron chi connectivity index (χ2n) is 3.91. The first-order chi connectivity index (χ1) is 10.3. The quantitative estimate of drug-likeness (QED) is 0.773. The highest BCUT2D eigenvalue weighted by molar-refractivity contribution is 8.01. The number of aromatic nitrogens is 3. The first kappa shape index (κ1) is 13.6. The van der Waals surface area contributed by atoms with E-state index >= 15 is 0 Å². The van der Waals surface area contributed by atoms with E-state index < -0.39 is 0 Å². The Balaban J connectivity index is 1.60. The Kier molecular flexibility index (Phi) is 4.14. The zero-order chi connectivity index (χ0) is 14.5. The van der Waals surface area contributed by atoms with Crippen molar-refractivity contribution >= 4 is 28.2 Å². The van der Waals surface area contributed by atoms with Crippen molar-refractivity contribution in [3.05, 3.63) is 48.0 Å². The second-order valence-corrected chi connectivity index (χ2v) is 6.15. The molecule has 3 heterocycles. The van der Waals surface area contributed by atoms with Gasteiger partial charge in [0.05, 0.1) is 18.4 Å². The maximum absolute atomic E-state index is 8.73. The summed E-state index contributed by atoms with van der Waals surface area (Å²) in [6.45, 7) is 0.571. The predicted molar refractivity (Wildman–Crippen MR) is 79.0 cm³/mol. The number of hydrogen-bond acceptors (Lipinski definition) is 8. The molecule has 0 unspecified atom stereocenters. The SMILES string of the molecule is N#Cc1ccc(Sc2nnc(NCc3ccco3)s2)nc1. The summed E-state index contributed by atoms with van der Waals surface area (Å²) in [5.74, 6) is 0.841. The molecule has 0 saturated heterocycles. The number of rotatable bonds is 5. The van der Waals surface area contributed by atoms with Crippen LogP contribution in [0.15, 0.2) is 50.5 Å². The molecule has 0 aliphatic carbocycles. The van der Waals surface area contributed by atoms with Gasteiger partial charge in [-0.1, -0.05) is 11.3 Å². The van der Waals surface area contributed by atoms with Crippen molar-refractivity contribution in [2.45, 2.75) is 15.9 Å². The van der Waals surface area contributed by atoms with Gasteiger partial charge in [0, 0.05) is 6.20 Å². The van der Waals surface area contributed by atoms with E-state index in [9.17, 15) is 0 Å². The third-order valence-corrected chi connectivity index (χ3v) is 4.34. The molecule has 0 amide bonds. The normalized spacial score (nSPS) is 10.2. The maximum atomic E-state index is 8.73. The van der Waals surface area contributed by atoms with Gasteiger partial charge in [0.15, 0.2) is 4.34 Å². The highest BCUT2D eigenvalue weighted by atomic mass is 32.2. The minimum absolute atomic E-state index is 0.539. The van der Waals surface area contributed by atoms with Crippen molar-refractivity contribution in [2.75, 3.05) is 5.32 Å². The summed E-state index contributed by atoms with van der Waals surface area (Å²) in [5, 5.41) is 21.5. The monoisotopic (exact) mass is 315 g/mol. The van der Waals surface area contributed by atoms with Crippen molar-refractivity contribution in [3.63, 3.8) is 0 Å². The summed E-state index contributed by atoms with van der Waals surface area (Å²) >= 11 is 2.85. The maximum Gasteiger partial charge on any atom is 0.206 e. The highest BCUT2D eigenvalue weighted by Gasteiger charge is 2.07. The third-order valence-electron chi connectivity index (χ3n) is 2.46. The van der Waals surface area contributed by atoms with Gasteiger partial charge in [-0.2, -0.15) is 5.26 Å². The van der Waals surface area contributed by atoms with E-state index in [1.54, 1.807) is 24.6 Å². The van der Waals surface area contributed by atoms with Crippen LogP contribution in [0.1, 0.15) is 11.3 Å². The summed E-state index contributed by atoms with van der Waals surface area (Å²) in [6.07, 6.45) is 3.18. The molecule has 21 heavy (non-hydrogen) atoms. The average Bonchev–Trinajstić information content (AvgIpc) is 3.17. The van der Waals surface area contributed by atoms with Crippen LogP contribution >= 0.6 is 23.1 Å². The predicted octanol–water partition coefficient (Wildman–Crippen LogP) is 3.16. The van der Waals surface area contributed by atoms with Gasteiger partial charge >= 0.3 is 0 Å². The molecule has 104 valence electrons. The zero-order valence-corrected chi connectivity index (χ0v) is 12.3. The first-order valence-electron chi connectivity index (χ1n) is 5.97. The molecule has 0 aliphatic rings. The lowest BCUT2D eigenvalue weighted by molar-refractivity contribution is 0.518. The molecule has 0 aromatic carbocycles. The van der Waals surface area contributed by atoms with Gasteiger partial charge in [-0.25, -0.2) is 4.98 Å². The van der Waals surface area contributed by atoms with Crippen molar-refractivity contribution in [1.82, 2.24) is 15.2 Å². The number of furan rings is 1. The fourth-order valence-electron chi connectivity index (χ4n) is 1.49. The Morgan fingerprint density at radius 3 is 3.00 bits per heavy atom. The lowest BCUT2D eigenvalue weighted by Gasteiger charge is -1.97. The topological polar surface area (TPSA) is 87.6 Å². The van der Waals surface area contributed by atoms with E-state index in [2.05, 4.69) is 20.5 Å². The van der Waals surface area contributed by atoms with Gasteiger partial charge < -0.3 is 9.73 Å². The van der Waals surface area contributed by atoms with Gasteiger partial charge in [-0.3, -0.25) is 0 Å². The Labute approximate surface area is 128 Å². The molecule has 6 nitrogen and oxygen atoms in total. The fraction of sp³-hybridized carbons (Fsp3) is 0.0769. The van der Waals surface area contributed by atoms with Crippen LogP contribution in [0.4, 0.5) is 5.13 Å². The van der Waals surface area contributed by atoms with Gasteiger partial charge in [0.2, 0.25) is 5.13 Å². The smallest absolute Gasteiger partial charge is 0.206 e. The Morgan fingerprint density at radius 2 is 2.29 bits per heavy atom. The van der Waals surface area contributed by atoms with Crippen LogP contribution in [-0.4, -0.2) is 15.2 Å². The van der Waals surface area contributed by atoms with Crippen LogP contribution in [0.2, 0.25) is 0 Å². The molecule has 0 radical (unpaired) electrons. The molecule has 0 aliphatic heterocycles. The molecule has 0 spiro atoms. The van der Waals surface area contributed by atoms with Gasteiger partial charge in [0.25, 0.3) is 0 Å². The van der Waals surface area contributed by atoms with Crippen molar-refractivity contribution < 1.29 is 4.42 Å². The third kappa shape index (κ3) is 3.59. The van der Waals surface area contributed by atoms with E-state index in [0.29, 0.717) is 12.1 Å². The molecule has 3 aromatic heterocycles. The largest absolute Gasteiger partial charge is 0.467 e. The number of nitrogens with one attached hydrogen (secondary N) is 1. The van der Waals surface area contributed by atoms with Crippen LogP contribution in [0.3, 0.4) is 0 Å². The van der Waals surface area contributed by atoms with Gasteiger partial charge in [-0.05, 0) is 36.0 Å². The van der Waals surface area contributed by atoms with Crippen LogP contribution in [0, 0.1) is 11.3 Å². The molecule has 0 bridgehead atoms. The summed E-state index contributed by atoms with van der Waals surface area (Å²) in [6, 6.07) is 9.29. The number of nitrogens with zero attached hydrogens (tertiary/aromatic N) is 4. The van der Waals surface area contributed by atoms with Gasteiger partial charge in [0.1, 0.15) is 16.9 Å². The van der Waals surface area contributed by atoms with E-state index in [0.717, 1.165) is 20.3 Å². The van der Waals surface area contributed by atoms with E-state index in [1.807, 2.05) is 18.2 Å². The van der Waals surface area contributed by atoms with E-state index in [-0.39, 0.29) is 0 Å². The summed E-state index contributed by atoms with van der Waals surface area (Å²) in [7, 11) is 0. The second kappa shape index (κ2) is 6.39. The number of pyridine rings is 1. The van der Waals surface area contributed by atoms with E-state index in [1.165, 1.54) is 23.1 Å².